The molecular formula is C8H13N3O2. The standard InChI is InChI=1S/C8H13N3O2/c1-5(9)7(4-12)8(13)11-2-6(10)3-11/h4,6-7,9H,2-3,10H2,1H3. The van der Waals surface area contributed by atoms with E-state index in [1.807, 2.05) is 0 Å². The van der Waals surface area contributed by atoms with Gasteiger partial charge in [0.15, 0.2) is 0 Å². The summed E-state index contributed by atoms with van der Waals surface area (Å²) in [6.07, 6.45) is 0.508. The fourth-order valence-corrected chi connectivity index (χ4v) is 1.23. The van der Waals surface area contributed by atoms with E-state index in [-0.39, 0.29) is 17.7 Å². The lowest BCUT2D eigenvalue weighted by atomic mass is 10.0. The molecule has 1 aliphatic rings. The second-order valence-electron chi connectivity index (χ2n) is 3.30. The van der Waals surface area contributed by atoms with E-state index in [1.54, 1.807) is 0 Å². The van der Waals surface area contributed by atoms with Gasteiger partial charge in [-0.15, -0.1) is 0 Å². The van der Waals surface area contributed by atoms with Gasteiger partial charge in [0.2, 0.25) is 5.91 Å². The van der Waals surface area contributed by atoms with Crippen molar-refractivity contribution < 1.29 is 9.59 Å². The largest absolute Gasteiger partial charge is 0.339 e. The Morgan fingerprint density at radius 2 is 2.23 bits per heavy atom. The zero-order chi connectivity index (χ0) is 10.0. The topological polar surface area (TPSA) is 87.2 Å². The normalized spacial score (nSPS) is 19.1. The van der Waals surface area contributed by atoms with Crippen LogP contribution in [-0.2, 0) is 9.59 Å². The first-order valence-corrected chi connectivity index (χ1v) is 4.11. The minimum atomic E-state index is -0.910. The molecule has 1 rings (SSSR count). The number of hydrogen-bond donors (Lipinski definition) is 2. The molecule has 0 bridgehead atoms. The minimum absolute atomic E-state index is 0.0299. The summed E-state index contributed by atoms with van der Waals surface area (Å²) in [6, 6.07) is 0.0299. The average molecular weight is 183 g/mol. The lowest BCUT2D eigenvalue weighted by molar-refractivity contribution is -0.139. The van der Waals surface area contributed by atoms with Crippen LogP contribution in [-0.4, -0.2) is 41.9 Å². The Morgan fingerprint density at radius 3 is 2.54 bits per heavy atom. The zero-order valence-corrected chi connectivity index (χ0v) is 7.49. The van der Waals surface area contributed by atoms with Crippen LogP contribution >= 0.6 is 0 Å². The van der Waals surface area contributed by atoms with Crippen molar-refractivity contribution in [3.8, 4) is 0 Å². The first-order chi connectivity index (χ1) is 6.06. The van der Waals surface area contributed by atoms with Crippen molar-refractivity contribution in [3.63, 3.8) is 0 Å². The molecule has 1 atom stereocenters. The molecule has 0 spiro atoms. The third kappa shape index (κ3) is 1.92. The van der Waals surface area contributed by atoms with E-state index in [0.29, 0.717) is 19.4 Å². The maximum atomic E-state index is 11.4. The van der Waals surface area contributed by atoms with Crippen LogP contribution in [0.1, 0.15) is 6.92 Å². The minimum Gasteiger partial charge on any atom is -0.339 e. The zero-order valence-electron chi connectivity index (χ0n) is 7.49. The number of amides is 1. The van der Waals surface area contributed by atoms with E-state index in [4.69, 9.17) is 11.1 Å². The van der Waals surface area contributed by atoms with Crippen molar-refractivity contribution in [1.29, 1.82) is 5.41 Å². The number of nitrogens with zero attached hydrogens (tertiary/aromatic N) is 1. The van der Waals surface area contributed by atoms with Crippen molar-refractivity contribution in [1.82, 2.24) is 4.90 Å². The van der Waals surface area contributed by atoms with Crippen molar-refractivity contribution in [2.75, 3.05) is 13.1 Å². The molecule has 1 heterocycles. The Kier molecular flexibility index (Phi) is 2.77. The predicted octanol–water partition coefficient (Wildman–Crippen LogP) is -0.989. The smallest absolute Gasteiger partial charge is 0.238 e. The fraction of sp³-hybridized carbons (Fsp3) is 0.625. The fourth-order valence-electron chi connectivity index (χ4n) is 1.23. The summed E-state index contributed by atoms with van der Waals surface area (Å²) >= 11 is 0. The predicted molar refractivity (Wildman–Crippen MR) is 47.5 cm³/mol. The van der Waals surface area contributed by atoms with Gasteiger partial charge in [-0.1, -0.05) is 0 Å². The van der Waals surface area contributed by atoms with E-state index < -0.39 is 5.92 Å². The quantitative estimate of drug-likeness (QED) is 0.334. The van der Waals surface area contributed by atoms with Crippen LogP contribution in [0.15, 0.2) is 0 Å². The molecule has 5 nitrogen and oxygen atoms in total. The van der Waals surface area contributed by atoms with Gasteiger partial charge in [0.25, 0.3) is 0 Å². The van der Waals surface area contributed by atoms with Gasteiger partial charge in [-0.3, -0.25) is 4.79 Å². The summed E-state index contributed by atoms with van der Waals surface area (Å²) in [5.74, 6) is -1.21. The molecule has 5 heteroatoms. The molecule has 0 aromatic rings. The second kappa shape index (κ2) is 3.66. The maximum absolute atomic E-state index is 11.4. The molecule has 0 aliphatic carbocycles. The number of aldehydes is 1. The highest BCUT2D eigenvalue weighted by molar-refractivity contribution is 6.12. The molecule has 0 saturated carbocycles. The molecule has 1 saturated heterocycles. The number of rotatable bonds is 3. The van der Waals surface area contributed by atoms with E-state index in [9.17, 15) is 9.59 Å². The number of carbonyl (C=O) groups is 2. The van der Waals surface area contributed by atoms with Crippen LogP contribution in [0.25, 0.3) is 0 Å². The summed E-state index contributed by atoms with van der Waals surface area (Å²) in [5.41, 5.74) is 5.57. The number of nitrogens with one attached hydrogen (secondary N) is 1. The van der Waals surface area contributed by atoms with Crippen molar-refractivity contribution >= 4 is 17.9 Å². The number of likely N-dealkylation sites (tertiary alicyclic amines) is 1. The average Bonchev–Trinajstić information content (AvgIpc) is 1.99. The highest BCUT2D eigenvalue weighted by Gasteiger charge is 2.33. The monoisotopic (exact) mass is 183 g/mol. The van der Waals surface area contributed by atoms with Gasteiger partial charge in [-0.25, -0.2) is 0 Å². The maximum Gasteiger partial charge on any atom is 0.238 e. The molecule has 1 aliphatic heterocycles. The van der Waals surface area contributed by atoms with Crippen LogP contribution in [0.4, 0.5) is 0 Å². The summed E-state index contributed by atoms with van der Waals surface area (Å²) in [4.78, 5) is 23.4. The highest BCUT2D eigenvalue weighted by Crippen LogP contribution is 2.10. The van der Waals surface area contributed by atoms with E-state index >= 15 is 0 Å². The van der Waals surface area contributed by atoms with Gasteiger partial charge in [0.1, 0.15) is 12.2 Å². The molecule has 13 heavy (non-hydrogen) atoms. The number of hydrogen-bond acceptors (Lipinski definition) is 4. The van der Waals surface area contributed by atoms with E-state index in [2.05, 4.69) is 0 Å². The van der Waals surface area contributed by atoms with Crippen LogP contribution in [0.2, 0.25) is 0 Å². The van der Waals surface area contributed by atoms with Crippen molar-refractivity contribution in [2.24, 2.45) is 11.7 Å². The van der Waals surface area contributed by atoms with Gasteiger partial charge in [0, 0.05) is 24.8 Å². The molecule has 0 aromatic heterocycles. The van der Waals surface area contributed by atoms with Gasteiger partial charge in [0.05, 0.1) is 0 Å². The molecule has 1 unspecified atom stereocenters. The molecule has 72 valence electrons. The van der Waals surface area contributed by atoms with Crippen molar-refractivity contribution in [2.45, 2.75) is 13.0 Å². The van der Waals surface area contributed by atoms with Gasteiger partial charge in [-0.2, -0.15) is 0 Å². The molecule has 3 N–H and O–H groups in total. The van der Waals surface area contributed by atoms with Gasteiger partial charge in [-0.05, 0) is 6.92 Å². The third-order valence-electron chi connectivity index (χ3n) is 2.09. The van der Waals surface area contributed by atoms with Crippen LogP contribution in [0.3, 0.4) is 0 Å². The van der Waals surface area contributed by atoms with Gasteiger partial charge < -0.3 is 20.8 Å². The summed E-state index contributed by atoms with van der Waals surface area (Å²) in [5, 5.41) is 7.21. The lowest BCUT2D eigenvalue weighted by Gasteiger charge is -2.38. The highest BCUT2D eigenvalue weighted by atomic mass is 16.2. The van der Waals surface area contributed by atoms with Gasteiger partial charge >= 0.3 is 0 Å². The molecule has 0 radical (unpaired) electrons. The summed E-state index contributed by atoms with van der Waals surface area (Å²) < 4.78 is 0. The third-order valence-corrected chi connectivity index (χ3v) is 2.09. The van der Waals surface area contributed by atoms with Crippen molar-refractivity contribution in [3.05, 3.63) is 0 Å². The Balaban J connectivity index is 2.55. The SMILES string of the molecule is CC(=N)C(C=O)C(=O)N1CC(N)C1. The Morgan fingerprint density at radius 1 is 1.69 bits per heavy atom. The molecular weight excluding hydrogens is 170 g/mol. The molecule has 1 fully saturated rings. The number of nitrogens with two attached hydrogens (primary N) is 1. The summed E-state index contributed by atoms with van der Waals surface area (Å²) in [6.45, 7) is 2.45. The number of carbonyl (C=O) groups excluding carboxylic acids is 2. The van der Waals surface area contributed by atoms with Crippen LogP contribution in [0, 0.1) is 11.3 Å². The Labute approximate surface area is 76.4 Å². The summed E-state index contributed by atoms with van der Waals surface area (Å²) in [7, 11) is 0. The first-order valence-electron chi connectivity index (χ1n) is 4.11. The molecule has 0 aromatic carbocycles. The lowest BCUT2D eigenvalue weighted by Crippen LogP contribution is -2.59. The Hall–Kier alpha value is -1.23. The Bertz CT molecular complexity index is 246. The first kappa shape index (κ1) is 9.85. The van der Waals surface area contributed by atoms with E-state index in [1.165, 1.54) is 11.8 Å². The molecule has 1 amide bonds. The van der Waals surface area contributed by atoms with E-state index in [0.717, 1.165) is 0 Å². The van der Waals surface area contributed by atoms with Crippen LogP contribution in [0.5, 0.6) is 0 Å². The van der Waals surface area contributed by atoms with Crippen LogP contribution < -0.4 is 5.73 Å². The second-order valence-corrected chi connectivity index (χ2v) is 3.30.